The molecule has 2 saturated heterocycles. The molecule has 2 fully saturated rings. The summed E-state index contributed by atoms with van der Waals surface area (Å²) < 4.78 is 0. The van der Waals surface area contributed by atoms with Gasteiger partial charge in [-0.1, -0.05) is 56.3 Å². The second-order valence-corrected chi connectivity index (χ2v) is 23.7. The van der Waals surface area contributed by atoms with Crippen LogP contribution in [0.1, 0.15) is 109 Å². The van der Waals surface area contributed by atoms with Gasteiger partial charge in [0.1, 0.15) is 66.2 Å². The van der Waals surface area contributed by atoms with Crippen LogP contribution in [0.25, 0.3) is 0 Å². The van der Waals surface area contributed by atoms with E-state index in [9.17, 15) is 77.3 Å². The number of primary amides is 2. The number of phenolic OH excluding ortho intramolecular Hbond substituents is 1. The molecule has 2 aliphatic heterocycles. The van der Waals surface area contributed by atoms with Crippen molar-refractivity contribution in [1.29, 1.82) is 0 Å². The molecule has 0 saturated carbocycles. The number of carboxylic acids is 2. The second-order valence-electron chi connectivity index (χ2n) is 22.7. The van der Waals surface area contributed by atoms with E-state index < -0.39 is 163 Å². The van der Waals surface area contributed by atoms with Gasteiger partial charge in [-0.2, -0.15) is 11.8 Å². The van der Waals surface area contributed by atoms with Crippen molar-refractivity contribution in [2.45, 2.75) is 172 Å². The van der Waals surface area contributed by atoms with Gasteiger partial charge in [0.05, 0.1) is 19.4 Å². The lowest BCUT2D eigenvalue weighted by Gasteiger charge is -2.30. The van der Waals surface area contributed by atoms with Gasteiger partial charge in [-0.25, -0.2) is 0 Å². The fourth-order valence-corrected chi connectivity index (χ4v) is 10.3. The topological polar surface area (TPSA) is 518 Å². The van der Waals surface area contributed by atoms with Crippen molar-refractivity contribution in [2.75, 3.05) is 31.6 Å². The minimum Gasteiger partial charge on any atom is -0.508 e. The van der Waals surface area contributed by atoms with Gasteiger partial charge in [0.2, 0.25) is 76.8 Å². The van der Waals surface area contributed by atoms with Gasteiger partial charge >= 0.3 is 5.97 Å². The summed E-state index contributed by atoms with van der Waals surface area (Å²) in [5.74, 6) is -13.1. The predicted molar refractivity (Wildman–Crippen MR) is 336 cm³/mol. The van der Waals surface area contributed by atoms with Crippen molar-refractivity contribution in [3.05, 3.63) is 65.7 Å². The van der Waals surface area contributed by atoms with Crippen molar-refractivity contribution >= 4 is 100 Å². The Kier molecular flexibility index (Phi) is 33.3. The van der Waals surface area contributed by atoms with Gasteiger partial charge < -0.3 is 90.6 Å². The highest BCUT2D eigenvalue weighted by Crippen LogP contribution is 2.21. The van der Waals surface area contributed by atoms with Crippen LogP contribution in [0, 0.1) is 5.92 Å². The Bertz CT molecular complexity index is 2960. The van der Waals surface area contributed by atoms with Gasteiger partial charge in [0, 0.05) is 32.7 Å². The van der Waals surface area contributed by atoms with Crippen molar-refractivity contribution in [1.82, 2.24) is 58.1 Å². The van der Waals surface area contributed by atoms with E-state index in [1.807, 2.05) is 20.1 Å². The number of thioether (sulfide) groups is 1. The molecule has 0 radical (unpaired) electrons. The highest BCUT2D eigenvalue weighted by Gasteiger charge is 2.41. The van der Waals surface area contributed by atoms with Crippen LogP contribution in [0.15, 0.2) is 54.6 Å². The van der Waals surface area contributed by atoms with Crippen molar-refractivity contribution in [3.63, 3.8) is 0 Å². The molecule has 0 bridgehead atoms. The molecule has 10 atom stereocenters. The maximum atomic E-state index is 14.6. The Hall–Kier alpha value is -9.40. The SMILES string of the molecule is CC(=O)O.CSCC[C@H](NC(=O)[C@H](CC(C)C)NC(=O)CNC(=O)[C@H](Cc1ccc(O)cc1)NC(=O)[C@H](Cc1ccccc1)NC(=O)[C@H](CCCCN)NC(=O)[C@H](CC(N)=O)NC(=O)[C@@H]1CCCN1C(=O)[C@H](CC(=O)O)NC(=O)[C@H](C)NC(=O)[C@@H]1CCC(=O)N1)C(N)=O. The van der Waals surface area contributed by atoms with Gasteiger partial charge in [-0.15, -0.1) is 0 Å². The molecule has 19 N–H and O–H groups in total. The van der Waals surface area contributed by atoms with Gasteiger partial charge in [0.25, 0.3) is 5.97 Å². The van der Waals surface area contributed by atoms with Crippen molar-refractivity contribution in [3.8, 4) is 5.75 Å². The van der Waals surface area contributed by atoms with E-state index in [1.54, 1.807) is 30.3 Å². The lowest BCUT2D eigenvalue weighted by molar-refractivity contribution is -0.146. The van der Waals surface area contributed by atoms with Gasteiger partial charge in [0.15, 0.2) is 0 Å². The van der Waals surface area contributed by atoms with Crippen LogP contribution in [-0.2, 0) is 84.8 Å². The fourth-order valence-electron chi connectivity index (χ4n) is 9.79. The molecule has 93 heavy (non-hydrogen) atoms. The van der Waals surface area contributed by atoms with Gasteiger partial charge in [-0.3, -0.25) is 71.9 Å². The number of carboxylic acid groups (broad SMARTS) is 2. The summed E-state index contributed by atoms with van der Waals surface area (Å²) in [6.07, 6.45) is 0.987. The van der Waals surface area contributed by atoms with Crippen LogP contribution in [-0.4, -0.2) is 201 Å². The molecule has 13 amide bonds. The summed E-state index contributed by atoms with van der Waals surface area (Å²) in [6.45, 7) is 5.36. The Balaban J connectivity index is 0.00000547. The average molecular weight is 1330 g/mol. The van der Waals surface area contributed by atoms with Crippen LogP contribution >= 0.6 is 11.8 Å². The monoisotopic (exact) mass is 1320 g/mol. The number of hydrogen-bond acceptors (Lipinski definition) is 18. The summed E-state index contributed by atoms with van der Waals surface area (Å²) >= 11 is 1.44. The number of aromatic hydroxyl groups is 1. The number of nitrogens with zero attached hydrogens (tertiary/aromatic N) is 1. The van der Waals surface area contributed by atoms with Crippen LogP contribution in [0.4, 0.5) is 0 Å². The number of amides is 13. The first-order chi connectivity index (χ1) is 43.9. The number of carbonyl (C=O) groups is 15. The third-order valence-corrected chi connectivity index (χ3v) is 15.1. The molecule has 2 aromatic rings. The molecule has 512 valence electrons. The van der Waals surface area contributed by atoms with E-state index >= 15 is 0 Å². The summed E-state index contributed by atoms with van der Waals surface area (Å²) in [5, 5.41) is 52.3. The zero-order chi connectivity index (χ0) is 69.5. The summed E-state index contributed by atoms with van der Waals surface area (Å²) in [4.78, 5) is 197. The number of phenols is 1. The third-order valence-electron chi connectivity index (χ3n) is 14.5. The molecule has 0 spiro atoms. The van der Waals surface area contributed by atoms with Crippen molar-refractivity contribution < 1.29 is 87.2 Å². The van der Waals surface area contributed by atoms with Gasteiger partial charge in [-0.05, 0) is 106 Å². The van der Waals surface area contributed by atoms with E-state index in [1.165, 1.54) is 43.0 Å². The van der Waals surface area contributed by atoms with E-state index in [-0.39, 0.29) is 94.9 Å². The predicted octanol–water partition coefficient (Wildman–Crippen LogP) is -3.68. The number of likely N-dealkylation sites (tertiary alicyclic amines) is 1. The van der Waals surface area contributed by atoms with E-state index in [2.05, 4.69) is 53.2 Å². The first-order valence-corrected chi connectivity index (χ1v) is 31.6. The molecule has 0 aromatic heterocycles. The summed E-state index contributed by atoms with van der Waals surface area (Å²) in [5.41, 5.74) is 17.9. The first-order valence-electron chi connectivity index (χ1n) is 30.2. The average Bonchev–Trinajstić information content (AvgIpc) is 1.89. The molecule has 0 unspecified atom stereocenters. The molecular formula is C60H88N14O18S. The number of benzene rings is 2. The number of nitrogens with one attached hydrogen (secondary N) is 10. The van der Waals surface area contributed by atoms with Crippen LogP contribution in [0.5, 0.6) is 5.75 Å². The standard InChI is InChI=1S/C58H84N14O16S.C2H4O2/c1-31(2)25-39(54(84)66-36(49(61)79)21-24-89-4)65-47(76)30-62-51(81)40(27-34-15-17-35(73)18-16-34)68-55(85)41(26-33-11-6-5-7-12-33)69-53(83)37(13-8-9-22-59)67-56(86)42(28-45(60)74)70-57(87)44-14-10-23-72(44)58(88)43(29-48(77)78)71-50(80)32(3)63-52(82)38-19-20-46(75)64-38;1-2(3)4/h5-7,11-12,15-18,31-32,36-44,73H,8-10,13-14,19-30,59H2,1-4H3,(H2,60,74)(H2,61,79)(H,62,81)(H,63,82)(H,64,75)(H,65,76)(H,66,84)(H,67,86)(H,68,85)(H,69,83)(H,70,87)(H,71,80)(H,77,78);1H3,(H,3,4)/t32-,36-,37-,38-,39-,40-,41-,42-,43-,44-;/m0./s1. The fraction of sp³-hybridized carbons (Fsp3) is 0.550. The van der Waals surface area contributed by atoms with Crippen LogP contribution in [0.2, 0.25) is 0 Å². The molecule has 2 heterocycles. The lowest BCUT2D eigenvalue weighted by Crippen LogP contribution is -2.60. The van der Waals surface area contributed by atoms with Crippen molar-refractivity contribution in [2.24, 2.45) is 23.1 Å². The number of aliphatic carboxylic acids is 2. The number of unbranched alkanes of at least 4 members (excludes halogenated alkanes) is 1. The number of hydrogen-bond donors (Lipinski definition) is 16. The number of nitrogens with two attached hydrogens (primary N) is 3. The van der Waals surface area contributed by atoms with Crippen LogP contribution < -0.4 is 70.4 Å². The van der Waals surface area contributed by atoms with E-state index in [4.69, 9.17) is 27.1 Å². The maximum Gasteiger partial charge on any atom is 0.305 e. The zero-order valence-electron chi connectivity index (χ0n) is 52.6. The van der Waals surface area contributed by atoms with E-state index in [0.29, 0.717) is 23.3 Å². The quantitative estimate of drug-likeness (QED) is 0.0290. The molecule has 2 aliphatic rings. The second kappa shape index (κ2) is 39.8. The summed E-state index contributed by atoms with van der Waals surface area (Å²) in [7, 11) is 0. The minimum absolute atomic E-state index is 0.0174. The third kappa shape index (κ3) is 28.3. The zero-order valence-corrected chi connectivity index (χ0v) is 53.4. The molecular weight excluding hydrogens is 1240 g/mol. The normalized spacial score (nSPS) is 16.6. The Labute approximate surface area is 541 Å². The molecule has 4 rings (SSSR count). The molecule has 0 aliphatic carbocycles. The Morgan fingerprint density at radius 3 is 1.75 bits per heavy atom. The first kappa shape index (κ1) is 77.8. The Morgan fingerprint density at radius 1 is 0.634 bits per heavy atom. The number of carbonyl (C=O) groups excluding carboxylic acids is 13. The highest BCUT2D eigenvalue weighted by molar-refractivity contribution is 7.98. The molecule has 32 nitrogen and oxygen atoms in total. The Morgan fingerprint density at radius 2 is 1.19 bits per heavy atom. The van der Waals surface area contributed by atoms with E-state index in [0.717, 1.165) is 11.8 Å². The highest BCUT2D eigenvalue weighted by atomic mass is 32.2. The largest absolute Gasteiger partial charge is 0.508 e. The number of rotatable bonds is 37. The van der Waals surface area contributed by atoms with Crippen LogP contribution in [0.3, 0.4) is 0 Å². The summed E-state index contributed by atoms with van der Waals surface area (Å²) in [6, 6.07) is 0.401. The molecule has 2 aromatic carbocycles. The minimum atomic E-state index is -1.78. The smallest absolute Gasteiger partial charge is 0.305 e. The maximum absolute atomic E-state index is 14.6. The lowest BCUT2D eigenvalue weighted by atomic mass is 10.0. The molecule has 33 heteroatoms.